The Kier molecular flexibility index (Phi) is 14.2. The molecule has 0 saturated carbocycles. The van der Waals surface area contributed by atoms with Crippen molar-refractivity contribution in [2.75, 3.05) is 69.7 Å². The summed E-state index contributed by atoms with van der Waals surface area (Å²) in [6, 6.07) is 17.3. The maximum Gasteiger partial charge on any atom is 0.404 e. The van der Waals surface area contributed by atoms with Gasteiger partial charge in [0, 0.05) is 98.1 Å². The number of nitrogens with zero attached hydrogens (tertiary/aromatic N) is 5. The third-order valence-corrected chi connectivity index (χ3v) is 17.2. The summed E-state index contributed by atoms with van der Waals surface area (Å²) in [5.41, 5.74) is 4.57. The highest BCUT2D eigenvalue weighted by atomic mass is 35.5. The van der Waals surface area contributed by atoms with Gasteiger partial charge in [0.05, 0.1) is 28.7 Å². The molecule has 2 N–H and O–H groups in total. The molecule has 1 amide bonds. The van der Waals surface area contributed by atoms with E-state index in [1.54, 1.807) is 37.1 Å². The van der Waals surface area contributed by atoms with Crippen LogP contribution >= 0.6 is 18.7 Å². The van der Waals surface area contributed by atoms with Crippen LogP contribution in [0.2, 0.25) is 5.02 Å². The number of carbonyl (C=O) groups excluding carboxylic acids is 1. The Morgan fingerprint density at radius 1 is 1.01 bits per heavy atom. The number of nitro groups is 1. The van der Waals surface area contributed by atoms with Crippen LogP contribution in [-0.4, -0.2) is 116 Å². The third-order valence-electron chi connectivity index (χ3n) is 13.4. The van der Waals surface area contributed by atoms with Gasteiger partial charge in [-0.05, 0) is 97.8 Å². The largest absolute Gasteiger partial charge is 0.455 e. The van der Waals surface area contributed by atoms with E-state index in [2.05, 4.69) is 45.7 Å². The van der Waals surface area contributed by atoms with Gasteiger partial charge >= 0.3 is 6.18 Å². The molecular formula is C48H54ClF3N7O7PS. The SMILES string of the molecule is CC1(C)CCC(CN2CCN(c3ccc(C(=O)NS(=O)(=O)c4ccc(CCC(N5CCP(C)(=O)CC5)C(F)(F)F)c([N+](=O)[O-])c4)c(Oc4cnc5[nH]ccc5c4)c3)CC2)=C(c2ccc(Cl)cc2)C1. The number of hydrogen-bond acceptors (Lipinski definition) is 11. The van der Waals surface area contributed by atoms with Crippen molar-refractivity contribution in [3.8, 4) is 11.5 Å². The molecule has 0 bridgehead atoms. The Labute approximate surface area is 398 Å². The number of piperazine rings is 1. The second-order valence-electron chi connectivity index (χ2n) is 18.9. The fourth-order valence-electron chi connectivity index (χ4n) is 9.37. The lowest BCUT2D eigenvalue weighted by Gasteiger charge is -2.39. The first kappa shape index (κ1) is 49.2. The third kappa shape index (κ3) is 11.6. The lowest BCUT2D eigenvalue weighted by Crippen LogP contribution is -2.50. The predicted octanol–water partition coefficient (Wildman–Crippen LogP) is 9.99. The number of H-pyrrole nitrogens is 1. The molecule has 0 radical (unpaired) electrons. The Balaban J connectivity index is 0.997. The second kappa shape index (κ2) is 19.6. The summed E-state index contributed by atoms with van der Waals surface area (Å²) in [5, 5.41) is 13.7. The number of ether oxygens (including phenoxy) is 1. The van der Waals surface area contributed by atoms with Crippen LogP contribution in [0.25, 0.3) is 16.6 Å². The molecule has 8 rings (SSSR count). The van der Waals surface area contributed by atoms with Gasteiger partial charge in [0.1, 0.15) is 23.2 Å². The Morgan fingerprint density at radius 2 is 1.74 bits per heavy atom. The number of halogens is 4. The summed E-state index contributed by atoms with van der Waals surface area (Å²) in [6.45, 7) is 9.84. The first-order valence-corrected chi connectivity index (χ1v) is 26.9. The lowest BCUT2D eigenvalue weighted by atomic mass is 9.72. The molecule has 20 heteroatoms. The first-order chi connectivity index (χ1) is 32.1. The number of fused-ring (bicyclic) bond motifs is 1. The zero-order valence-corrected chi connectivity index (χ0v) is 40.5. The number of sulfonamides is 1. The minimum atomic E-state index is -4.77. The van der Waals surface area contributed by atoms with E-state index in [9.17, 15) is 41.1 Å². The molecule has 1 unspecified atom stereocenters. The van der Waals surface area contributed by atoms with E-state index in [4.69, 9.17) is 16.3 Å². The molecule has 1 atom stereocenters. The van der Waals surface area contributed by atoms with Crippen molar-refractivity contribution < 1.29 is 40.6 Å². The summed E-state index contributed by atoms with van der Waals surface area (Å²) in [7, 11) is -7.29. The number of rotatable bonds is 14. The van der Waals surface area contributed by atoms with E-state index >= 15 is 0 Å². The van der Waals surface area contributed by atoms with Crippen LogP contribution in [0.4, 0.5) is 24.5 Å². The minimum Gasteiger partial charge on any atom is -0.455 e. The summed E-state index contributed by atoms with van der Waals surface area (Å²) in [6.07, 6.45) is 0.962. The van der Waals surface area contributed by atoms with Gasteiger partial charge in [-0.15, -0.1) is 0 Å². The first-order valence-electron chi connectivity index (χ1n) is 22.5. The molecule has 2 fully saturated rings. The number of aromatic amines is 1. The normalized spacial score (nSPS) is 18.7. The van der Waals surface area contributed by atoms with Crippen molar-refractivity contribution in [3.05, 3.63) is 123 Å². The molecule has 5 aromatic rings. The second-order valence-corrected chi connectivity index (χ2v) is 24.5. The van der Waals surface area contributed by atoms with Crippen LogP contribution in [0.5, 0.6) is 11.5 Å². The number of aromatic nitrogens is 2. The maximum absolute atomic E-state index is 14.2. The molecule has 1 aliphatic carbocycles. The number of aryl methyl sites for hydroxylation is 1. The van der Waals surface area contributed by atoms with Gasteiger partial charge in [0.15, 0.2) is 0 Å². The van der Waals surface area contributed by atoms with Crippen LogP contribution in [0.15, 0.2) is 95.7 Å². The van der Waals surface area contributed by atoms with Crippen molar-refractivity contribution in [1.82, 2.24) is 24.5 Å². The number of benzene rings is 3. The summed E-state index contributed by atoms with van der Waals surface area (Å²) >= 11 is 6.23. The predicted molar refractivity (Wildman–Crippen MR) is 258 cm³/mol. The zero-order valence-electron chi connectivity index (χ0n) is 38.0. The molecule has 3 aliphatic rings. The summed E-state index contributed by atoms with van der Waals surface area (Å²) in [5.74, 6) is -0.765. The molecule has 2 saturated heterocycles. The van der Waals surface area contributed by atoms with E-state index in [0.717, 1.165) is 68.2 Å². The summed E-state index contributed by atoms with van der Waals surface area (Å²) in [4.78, 5) is 37.9. The van der Waals surface area contributed by atoms with Crippen LogP contribution in [-0.2, 0) is 21.0 Å². The highest BCUT2D eigenvalue weighted by Crippen LogP contribution is 2.46. The number of hydrogen-bond donors (Lipinski definition) is 2. The standard InChI is InChI=1S/C48H54ClF3N7O7PS/c1-47(2)16-14-35(41(29-47)32-4-8-36(49)9-5-32)31-56-18-20-57(21-19-56)37-10-12-40(43(27-37)66-38-26-34-15-17-53-45(34)54-30-38)46(60)55-68(64,65)39-11-6-33(42(28-39)59(61)62)7-13-44(48(50,51)52)58-22-24-67(3,63)25-23-58/h4-6,8-12,15,17,26-28,30,44H,7,13-14,16,18-25,29,31H2,1-3H3,(H,53,54)(H,55,60). The number of pyridine rings is 1. The van der Waals surface area contributed by atoms with E-state index < -0.39 is 57.2 Å². The van der Waals surface area contributed by atoms with Crippen LogP contribution in [0, 0.1) is 15.5 Å². The monoisotopic (exact) mass is 995 g/mol. The minimum absolute atomic E-state index is 0.0201. The average molecular weight is 996 g/mol. The Bertz CT molecular complexity index is 2890. The number of allylic oxidation sites excluding steroid dienone is 1. The molecule has 2 aromatic heterocycles. The molecule has 14 nitrogen and oxygen atoms in total. The van der Waals surface area contributed by atoms with Crippen LogP contribution < -0.4 is 14.4 Å². The van der Waals surface area contributed by atoms with Gasteiger partial charge in [-0.2, -0.15) is 13.2 Å². The van der Waals surface area contributed by atoms with Crippen LogP contribution in [0.3, 0.4) is 0 Å². The van der Waals surface area contributed by atoms with Crippen molar-refractivity contribution in [2.45, 2.75) is 63.1 Å². The fourth-order valence-corrected chi connectivity index (χ4v) is 12.1. The average Bonchev–Trinajstić information content (AvgIpc) is 3.75. The number of nitro benzene ring substituents is 1. The van der Waals surface area contributed by atoms with Gasteiger partial charge in [-0.3, -0.25) is 24.7 Å². The molecule has 0 spiro atoms. The summed E-state index contributed by atoms with van der Waals surface area (Å²) < 4.78 is 91.0. The number of carbonyl (C=O) groups is 1. The molecule has 2 aliphatic heterocycles. The molecule has 68 heavy (non-hydrogen) atoms. The molecule has 3 aromatic carbocycles. The van der Waals surface area contributed by atoms with E-state index in [-0.39, 0.29) is 59.9 Å². The smallest absolute Gasteiger partial charge is 0.404 e. The van der Waals surface area contributed by atoms with Gasteiger partial charge in [-0.25, -0.2) is 18.1 Å². The van der Waals surface area contributed by atoms with Crippen molar-refractivity contribution in [1.29, 1.82) is 0 Å². The van der Waals surface area contributed by atoms with Gasteiger partial charge in [0.25, 0.3) is 21.6 Å². The molecular weight excluding hydrogens is 942 g/mol. The number of nitrogens with one attached hydrogen (secondary N) is 2. The molecule has 4 heterocycles. The van der Waals surface area contributed by atoms with Crippen LogP contribution in [0.1, 0.15) is 61.0 Å². The van der Waals surface area contributed by atoms with Crippen molar-refractivity contribution in [2.24, 2.45) is 5.41 Å². The Hall–Kier alpha value is -5.26. The van der Waals surface area contributed by atoms with Crippen molar-refractivity contribution in [3.63, 3.8) is 0 Å². The van der Waals surface area contributed by atoms with Gasteiger partial charge in [0.2, 0.25) is 0 Å². The molecule has 362 valence electrons. The number of anilines is 1. The topological polar surface area (TPSA) is 171 Å². The highest BCUT2D eigenvalue weighted by Gasteiger charge is 2.45. The van der Waals surface area contributed by atoms with E-state index in [1.807, 2.05) is 16.9 Å². The number of alkyl halides is 3. The fraction of sp³-hybridized carbons (Fsp3) is 0.417. The lowest BCUT2D eigenvalue weighted by molar-refractivity contribution is -0.385. The number of amides is 1. The van der Waals surface area contributed by atoms with E-state index in [0.29, 0.717) is 23.8 Å². The van der Waals surface area contributed by atoms with Gasteiger partial charge in [-0.1, -0.05) is 49.2 Å². The highest BCUT2D eigenvalue weighted by molar-refractivity contribution is 7.90. The van der Waals surface area contributed by atoms with E-state index in [1.165, 1.54) is 33.9 Å². The Morgan fingerprint density at radius 3 is 2.43 bits per heavy atom. The quantitative estimate of drug-likeness (QED) is 0.0617. The zero-order chi connectivity index (χ0) is 48.6. The van der Waals surface area contributed by atoms with Gasteiger partial charge < -0.3 is 19.2 Å². The van der Waals surface area contributed by atoms with Crippen molar-refractivity contribution >= 4 is 62.7 Å². The maximum atomic E-state index is 14.2.